The Labute approximate surface area is 154 Å². The highest BCUT2D eigenvalue weighted by atomic mass is 16.5. The van der Waals surface area contributed by atoms with Gasteiger partial charge in [-0.15, -0.1) is 0 Å². The molecule has 0 atom stereocenters. The first-order valence-corrected chi connectivity index (χ1v) is 9.06. The van der Waals surface area contributed by atoms with E-state index < -0.39 is 0 Å². The lowest BCUT2D eigenvalue weighted by Gasteiger charge is -2.31. The van der Waals surface area contributed by atoms with E-state index in [0.29, 0.717) is 31.6 Å². The molecule has 3 heterocycles. The van der Waals surface area contributed by atoms with Crippen molar-refractivity contribution in [1.82, 2.24) is 25.0 Å². The van der Waals surface area contributed by atoms with Crippen molar-refractivity contribution in [3.63, 3.8) is 0 Å². The van der Waals surface area contributed by atoms with E-state index in [1.165, 1.54) is 0 Å². The molecule has 8 heteroatoms. The monoisotopic (exact) mass is 361 g/mol. The maximum atomic E-state index is 12.6. The van der Waals surface area contributed by atoms with Gasteiger partial charge in [0.1, 0.15) is 0 Å². The number of carbonyl (C=O) groups is 2. The van der Waals surface area contributed by atoms with Crippen LogP contribution in [0.2, 0.25) is 0 Å². The van der Waals surface area contributed by atoms with Gasteiger partial charge in [-0.1, -0.05) is 0 Å². The summed E-state index contributed by atoms with van der Waals surface area (Å²) in [4.78, 5) is 34.6. The molecule has 1 aromatic heterocycles. The van der Waals surface area contributed by atoms with Crippen molar-refractivity contribution in [2.24, 2.45) is 0 Å². The average molecular weight is 361 g/mol. The van der Waals surface area contributed by atoms with E-state index in [1.807, 2.05) is 0 Å². The Morgan fingerprint density at radius 1 is 1.23 bits per heavy atom. The minimum atomic E-state index is -0.0880. The second-order valence-electron chi connectivity index (χ2n) is 6.88. The minimum Gasteiger partial charge on any atom is -0.379 e. The lowest BCUT2D eigenvalue weighted by molar-refractivity contribution is 0.0383. The Bertz CT molecular complexity index is 658. The van der Waals surface area contributed by atoms with Crippen LogP contribution in [-0.2, 0) is 17.7 Å². The smallest absolute Gasteiger partial charge is 0.319 e. The highest BCUT2D eigenvalue weighted by molar-refractivity contribution is 5.95. The number of aromatic nitrogens is 1. The third-order valence-corrected chi connectivity index (χ3v) is 4.85. The summed E-state index contributed by atoms with van der Waals surface area (Å²) in [5, 5.41) is 3.00. The molecular formula is C18H27N5O3. The molecule has 0 saturated carbocycles. The van der Waals surface area contributed by atoms with Crippen LogP contribution in [0.15, 0.2) is 12.4 Å². The van der Waals surface area contributed by atoms with E-state index >= 15 is 0 Å². The van der Waals surface area contributed by atoms with E-state index in [-0.39, 0.29) is 11.9 Å². The second kappa shape index (κ2) is 8.46. The molecule has 1 aromatic rings. The molecule has 3 amide bonds. The molecule has 0 unspecified atom stereocenters. The first-order valence-electron chi connectivity index (χ1n) is 9.06. The van der Waals surface area contributed by atoms with Crippen molar-refractivity contribution in [2.75, 3.05) is 60.0 Å². The number of ether oxygens (including phenoxy) is 1. The topological polar surface area (TPSA) is 78.0 Å². The predicted octanol–water partition coefficient (Wildman–Crippen LogP) is 0.183. The fourth-order valence-corrected chi connectivity index (χ4v) is 3.38. The van der Waals surface area contributed by atoms with Gasteiger partial charge in [0.25, 0.3) is 5.91 Å². The number of fused-ring (bicyclic) bond motifs is 1. The average Bonchev–Trinajstić information content (AvgIpc) is 2.67. The van der Waals surface area contributed by atoms with Crippen LogP contribution in [0.4, 0.5) is 4.79 Å². The number of carbonyl (C=O) groups excluding carboxylic acids is 2. The summed E-state index contributed by atoms with van der Waals surface area (Å²) in [6.45, 7) is 5.87. The van der Waals surface area contributed by atoms with Gasteiger partial charge >= 0.3 is 6.03 Å². The van der Waals surface area contributed by atoms with Gasteiger partial charge < -0.3 is 19.9 Å². The summed E-state index contributed by atoms with van der Waals surface area (Å²) in [6, 6.07) is -0.0176. The number of rotatable bonds is 4. The zero-order chi connectivity index (χ0) is 18.5. The van der Waals surface area contributed by atoms with Crippen LogP contribution in [0.5, 0.6) is 0 Å². The van der Waals surface area contributed by atoms with Gasteiger partial charge in [-0.3, -0.25) is 14.7 Å². The maximum absolute atomic E-state index is 12.6. The highest BCUT2D eigenvalue weighted by Crippen LogP contribution is 2.22. The molecule has 2 aliphatic heterocycles. The van der Waals surface area contributed by atoms with Gasteiger partial charge in [0, 0.05) is 65.8 Å². The van der Waals surface area contributed by atoms with Crippen LogP contribution < -0.4 is 5.32 Å². The summed E-state index contributed by atoms with van der Waals surface area (Å²) in [7, 11) is 3.49. The maximum Gasteiger partial charge on any atom is 0.319 e. The van der Waals surface area contributed by atoms with Gasteiger partial charge in [0.05, 0.1) is 18.8 Å². The molecule has 0 aromatic carbocycles. The number of nitrogens with one attached hydrogen (secondary N) is 1. The molecule has 0 aliphatic carbocycles. The Morgan fingerprint density at radius 3 is 2.73 bits per heavy atom. The van der Waals surface area contributed by atoms with Crippen LogP contribution in [0, 0.1) is 0 Å². The molecule has 1 N–H and O–H groups in total. The van der Waals surface area contributed by atoms with Crippen LogP contribution in [-0.4, -0.2) is 91.7 Å². The van der Waals surface area contributed by atoms with Crippen molar-refractivity contribution >= 4 is 11.9 Å². The molecule has 0 bridgehead atoms. The van der Waals surface area contributed by atoms with Gasteiger partial charge in [-0.25, -0.2) is 4.79 Å². The Balaban J connectivity index is 1.60. The van der Waals surface area contributed by atoms with Gasteiger partial charge in [-0.05, 0) is 17.5 Å². The molecule has 1 fully saturated rings. The molecule has 142 valence electrons. The fourth-order valence-electron chi connectivity index (χ4n) is 3.38. The zero-order valence-corrected chi connectivity index (χ0v) is 15.5. The number of pyridine rings is 1. The Hall–Kier alpha value is -2.19. The molecule has 0 radical (unpaired) electrons. The normalized spacial score (nSPS) is 17.5. The lowest BCUT2D eigenvalue weighted by atomic mass is 9.97. The van der Waals surface area contributed by atoms with Gasteiger partial charge in [-0.2, -0.15) is 0 Å². The predicted molar refractivity (Wildman–Crippen MR) is 97.0 cm³/mol. The third kappa shape index (κ3) is 4.31. The summed E-state index contributed by atoms with van der Waals surface area (Å²) >= 11 is 0. The fraction of sp³-hybridized carbons (Fsp3) is 0.611. The first-order chi connectivity index (χ1) is 12.6. The first kappa shape index (κ1) is 18.6. The van der Waals surface area contributed by atoms with Crippen molar-refractivity contribution in [3.8, 4) is 0 Å². The number of nitrogens with zero attached hydrogens (tertiary/aromatic N) is 4. The highest BCUT2D eigenvalue weighted by Gasteiger charge is 2.25. The van der Waals surface area contributed by atoms with E-state index in [2.05, 4.69) is 15.2 Å². The van der Waals surface area contributed by atoms with Crippen molar-refractivity contribution in [2.45, 2.75) is 13.0 Å². The number of hydrogen-bond acceptors (Lipinski definition) is 5. The number of morpholine rings is 1. The van der Waals surface area contributed by atoms with E-state index in [4.69, 9.17) is 4.74 Å². The summed E-state index contributed by atoms with van der Waals surface area (Å²) in [5.41, 5.74) is 2.58. The van der Waals surface area contributed by atoms with Crippen LogP contribution in [0.3, 0.4) is 0 Å². The quantitative estimate of drug-likeness (QED) is 0.828. The summed E-state index contributed by atoms with van der Waals surface area (Å²) < 4.78 is 5.33. The van der Waals surface area contributed by atoms with Crippen LogP contribution in [0.1, 0.15) is 21.5 Å². The lowest BCUT2D eigenvalue weighted by Crippen LogP contribution is -2.43. The second-order valence-corrected chi connectivity index (χ2v) is 6.88. The van der Waals surface area contributed by atoms with Gasteiger partial charge in [0.2, 0.25) is 0 Å². The van der Waals surface area contributed by atoms with E-state index in [1.54, 1.807) is 36.3 Å². The SMILES string of the molecule is CN(C)C(=O)N1CCc2c(cncc2C(=O)NCCN2CCOCC2)C1. The molecule has 8 nitrogen and oxygen atoms in total. The molecule has 2 aliphatic rings. The number of amides is 3. The largest absolute Gasteiger partial charge is 0.379 e. The number of hydrogen-bond donors (Lipinski definition) is 1. The minimum absolute atomic E-state index is 0.0176. The standard InChI is InChI=1S/C18H27N5O3/c1-21(2)18(25)23-5-3-15-14(13-23)11-19-12-16(15)17(24)20-4-6-22-7-9-26-10-8-22/h11-12H,3-10,13H2,1-2H3,(H,20,24). The summed E-state index contributed by atoms with van der Waals surface area (Å²) in [6.07, 6.45) is 4.06. The van der Waals surface area contributed by atoms with E-state index in [9.17, 15) is 9.59 Å². The molecule has 0 spiro atoms. The van der Waals surface area contributed by atoms with E-state index in [0.717, 1.165) is 44.0 Å². The number of urea groups is 1. The van der Waals surface area contributed by atoms with Crippen molar-refractivity contribution < 1.29 is 14.3 Å². The van der Waals surface area contributed by atoms with Gasteiger partial charge in [0.15, 0.2) is 0 Å². The zero-order valence-electron chi connectivity index (χ0n) is 15.5. The summed E-state index contributed by atoms with van der Waals surface area (Å²) in [5.74, 6) is -0.0880. The van der Waals surface area contributed by atoms with Crippen molar-refractivity contribution in [3.05, 3.63) is 29.1 Å². The molecule has 26 heavy (non-hydrogen) atoms. The van der Waals surface area contributed by atoms with Crippen molar-refractivity contribution in [1.29, 1.82) is 0 Å². The van der Waals surface area contributed by atoms with Crippen LogP contribution >= 0.6 is 0 Å². The molecule has 3 rings (SSSR count). The Morgan fingerprint density at radius 2 is 2.00 bits per heavy atom. The Kier molecular flexibility index (Phi) is 6.05. The van der Waals surface area contributed by atoms with Crippen LogP contribution in [0.25, 0.3) is 0 Å². The third-order valence-electron chi connectivity index (χ3n) is 4.85. The molecule has 1 saturated heterocycles. The molecular weight excluding hydrogens is 334 g/mol.